The Bertz CT molecular complexity index is 803. The first-order valence-corrected chi connectivity index (χ1v) is 8.44. The first kappa shape index (κ1) is 17.5. The molecule has 0 aromatic heterocycles. The SMILES string of the molecule is CC1(C)CC(NC(=O)Cc2c(F)cccc2Cl)c2cc(N)ccc2O1. The summed E-state index contributed by atoms with van der Waals surface area (Å²) in [5.74, 6) is -0.0950. The van der Waals surface area contributed by atoms with Crippen molar-refractivity contribution in [3.8, 4) is 5.75 Å². The van der Waals surface area contributed by atoms with Gasteiger partial charge in [0.05, 0.1) is 12.5 Å². The molecule has 0 bridgehead atoms. The standard InChI is InChI=1S/C19H20ClFN2O2/c1-19(2)10-16(13-8-11(22)6-7-17(13)25-19)23-18(24)9-12-14(20)4-3-5-15(12)21/h3-8,16H,9-10,22H2,1-2H3,(H,23,24). The predicted octanol–water partition coefficient (Wildman–Crippen LogP) is 4.02. The summed E-state index contributed by atoms with van der Waals surface area (Å²) in [7, 11) is 0. The first-order valence-electron chi connectivity index (χ1n) is 8.06. The van der Waals surface area contributed by atoms with Crippen molar-refractivity contribution in [3.63, 3.8) is 0 Å². The molecule has 0 saturated carbocycles. The van der Waals surface area contributed by atoms with E-state index in [-0.39, 0.29) is 29.0 Å². The van der Waals surface area contributed by atoms with Gasteiger partial charge in [0.1, 0.15) is 17.2 Å². The molecule has 0 aliphatic carbocycles. The Labute approximate surface area is 151 Å². The molecule has 1 heterocycles. The third-order valence-electron chi connectivity index (χ3n) is 4.23. The van der Waals surface area contributed by atoms with E-state index in [4.69, 9.17) is 22.1 Å². The van der Waals surface area contributed by atoms with E-state index in [2.05, 4.69) is 5.32 Å². The number of carbonyl (C=O) groups excluding carboxylic acids is 1. The van der Waals surface area contributed by atoms with Gasteiger partial charge in [-0.2, -0.15) is 0 Å². The number of rotatable bonds is 3. The predicted molar refractivity (Wildman–Crippen MR) is 96.2 cm³/mol. The van der Waals surface area contributed by atoms with Gasteiger partial charge in [0.25, 0.3) is 0 Å². The molecule has 0 fully saturated rings. The number of carbonyl (C=O) groups is 1. The number of ether oxygens (including phenoxy) is 1. The van der Waals surface area contributed by atoms with Crippen molar-refractivity contribution in [1.82, 2.24) is 5.32 Å². The number of nitrogens with one attached hydrogen (secondary N) is 1. The zero-order valence-electron chi connectivity index (χ0n) is 14.1. The number of amides is 1. The highest BCUT2D eigenvalue weighted by Gasteiger charge is 2.34. The molecule has 2 aromatic rings. The molecular formula is C19H20ClFN2O2. The molecule has 132 valence electrons. The summed E-state index contributed by atoms with van der Waals surface area (Å²) >= 11 is 6.01. The van der Waals surface area contributed by atoms with E-state index in [9.17, 15) is 9.18 Å². The minimum absolute atomic E-state index is 0.124. The average molecular weight is 363 g/mol. The number of halogens is 2. The maximum Gasteiger partial charge on any atom is 0.225 e. The number of nitrogens with two attached hydrogens (primary N) is 1. The fraction of sp³-hybridized carbons (Fsp3) is 0.316. The number of fused-ring (bicyclic) bond motifs is 1. The summed E-state index contributed by atoms with van der Waals surface area (Å²) in [5.41, 5.74) is 7.05. The quantitative estimate of drug-likeness (QED) is 0.810. The van der Waals surface area contributed by atoms with Crippen LogP contribution in [0.15, 0.2) is 36.4 Å². The van der Waals surface area contributed by atoms with Gasteiger partial charge in [-0.1, -0.05) is 17.7 Å². The minimum Gasteiger partial charge on any atom is -0.487 e. The van der Waals surface area contributed by atoms with Crippen LogP contribution in [0.25, 0.3) is 0 Å². The second-order valence-electron chi connectivity index (χ2n) is 6.86. The third kappa shape index (κ3) is 3.87. The van der Waals surface area contributed by atoms with Crippen LogP contribution in [0.4, 0.5) is 10.1 Å². The van der Waals surface area contributed by atoms with Crippen LogP contribution in [0.1, 0.15) is 37.4 Å². The van der Waals surface area contributed by atoms with E-state index < -0.39 is 11.4 Å². The number of benzene rings is 2. The van der Waals surface area contributed by atoms with E-state index in [0.717, 1.165) is 5.56 Å². The highest BCUT2D eigenvalue weighted by Crippen LogP contribution is 2.40. The molecule has 1 aliphatic rings. The Morgan fingerprint density at radius 1 is 1.40 bits per heavy atom. The highest BCUT2D eigenvalue weighted by atomic mass is 35.5. The van der Waals surface area contributed by atoms with Gasteiger partial charge in [-0.15, -0.1) is 0 Å². The lowest BCUT2D eigenvalue weighted by Crippen LogP contribution is -2.41. The van der Waals surface area contributed by atoms with Gasteiger partial charge in [0, 0.05) is 28.3 Å². The monoisotopic (exact) mass is 362 g/mol. The van der Waals surface area contributed by atoms with Crippen LogP contribution in [-0.4, -0.2) is 11.5 Å². The van der Waals surface area contributed by atoms with Crippen molar-refractivity contribution in [2.45, 2.75) is 38.3 Å². The molecule has 1 aliphatic heterocycles. The second kappa shape index (κ2) is 6.56. The van der Waals surface area contributed by atoms with Crippen molar-refractivity contribution in [2.24, 2.45) is 0 Å². The van der Waals surface area contributed by atoms with Crippen molar-refractivity contribution in [3.05, 3.63) is 58.4 Å². The van der Waals surface area contributed by atoms with Crippen LogP contribution in [-0.2, 0) is 11.2 Å². The molecule has 1 unspecified atom stereocenters. The number of nitrogen functional groups attached to an aromatic ring is 1. The normalized spacial score (nSPS) is 18.2. The third-order valence-corrected chi connectivity index (χ3v) is 4.58. The van der Waals surface area contributed by atoms with Gasteiger partial charge in [-0.25, -0.2) is 4.39 Å². The molecule has 4 nitrogen and oxygen atoms in total. The molecule has 1 atom stereocenters. The van der Waals surface area contributed by atoms with Gasteiger partial charge in [0.2, 0.25) is 5.91 Å². The van der Waals surface area contributed by atoms with Crippen LogP contribution in [0, 0.1) is 5.82 Å². The lowest BCUT2D eigenvalue weighted by Gasteiger charge is -2.38. The maximum atomic E-state index is 13.9. The molecule has 0 saturated heterocycles. The molecule has 2 aromatic carbocycles. The summed E-state index contributed by atoms with van der Waals surface area (Å²) in [5, 5.41) is 3.20. The van der Waals surface area contributed by atoms with Gasteiger partial charge in [-0.05, 0) is 44.2 Å². The van der Waals surface area contributed by atoms with Gasteiger partial charge >= 0.3 is 0 Å². The summed E-state index contributed by atoms with van der Waals surface area (Å²) in [4.78, 5) is 12.5. The number of anilines is 1. The lowest BCUT2D eigenvalue weighted by molar-refractivity contribution is -0.121. The number of hydrogen-bond donors (Lipinski definition) is 2. The van der Waals surface area contributed by atoms with Crippen LogP contribution in [0.2, 0.25) is 5.02 Å². The lowest BCUT2D eigenvalue weighted by atomic mass is 9.89. The fourth-order valence-corrected chi connectivity index (χ4v) is 3.34. The van der Waals surface area contributed by atoms with E-state index in [0.29, 0.717) is 17.9 Å². The van der Waals surface area contributed by atoms with Crippen LogP contribution in [0.3, 0.4) is 0 Å². The highest BCUT2D eigenvalue weighted by molar-refractivity contribution is 6.31. The van der Waals surface area contributed by atoms with Gasteiger partial charge in [0.15, 0.2) is 0 Å². The maximum absolute atomic E-state index is 13.9. The van der Waals surface area contributed by atoms with E-state index in [1.54, 1.807) is 24.3 Å². The Hall–Kier alpha value is -2.27. The van der Waals surface area contributed by atoms with Gasteiger partial charge in [-0.3, -0.25) is 4.79 Å². The molecule has 1 amide bonds. The van der Waals surface area contributed by atoms with E-state index in [1.165, 1.54) is 12.1 Å². The fourth-order valence-electron chi connectivity index (χ4n) is 3.11. The summed E-state index contributed by atoms with van der Waals surface area (Å²) in [6, 6.07) is 9.48. The zero-order valence-corrected chi connectivity index (χ0v) is 14.9. The molecule has 0 radical (unpaired) electrons. The molecule has 6 heteroatoms. The minimum atomic E-state index is -0.486. The van der Waals surface area contributed by atoms with Crippen LogP contribution in [0.5, 0.6) is 5.75 Å². The zero-order chi connectivity index (χ0) is 18.2. The topological polar surface area (TPSA) is 64.4 Å². The van der Waals surface area contributed by atoms with Crippen molar-refractivity contribution in [2.75, 3.05) is 5.73 Å². The molecule has 3 N–H and O–H groups in total. The Morgan fingerprint density at radius 3 is 2.88 bits per heavy atom. The largest absolute Gasteiger partial charge is 0.487 e. The Kier molecular flexibility index (Phi) is 4.60. The van der Waals surface area contributed by atoms with Crippen LogP contribution < -0.4 is 15.8 Å². The Balaban J connectivity index is 1.82. The number of hydrogen-bond acceptors (Lipinski definition) is 3. The summed E-state index contributed by atoms with van der Waals surface area (Å²) < 4.78 is 19.9. The van der Waals surface area contributed by atoms with E-state index in [1.807, 2.05) is 13.8 Å². The van der Waals surface area contributed by atoms with Crippen molar-refractivity contribution in [1.29, 1.82) is 0 Å². The first-order chi connectivity index (χ1) is 11.7. The smallest absolute Gasteiger partial charge is 0.225 e. The molecular weight excluding hydrogens is 343 g/mol. The van der Waals surface area contributed by atoms with E-state index >= 15 is 0 Å². The van der Waals surface area contributed by atoms with Crippen molar-refractivity contribution < 1.29 is 13.9 Å². The second-order valence-corrected chi connectivity index (χ2v) is 7.27. The summed E-state index contributed by atoms with van der Waals surface area (Å²) in [6.45, 7) is 3.92. The molecule has 3 rings (SSSR count). The molecule has 25 heavy (non-hydrogen) atoms. The van der Waals surface area contributed by atoms with Gasteiger partial charge < -0.3 is 15.8 Å². The van der Waals surface area contributed by atoms with Crippen molar-refractivity contribution >= 4 is 23.2 Å². The molecule has 0 spiro atoms. The van der Waals surface area contributed by atoms with Crippen LogP contribution >= 0.6 is 11.6 Å². The average Bonchev–Trinajstić information content (AvgIpc) is 2.51. The summed E-state index contributed by atoms with van der Waals surface area (Å²) in [6.07, 6.45) is 0.459. The Morgan fingerprint density at radius 2 is 2.16 bits per heavy atom.